The highest BCUT2D eigenvalue weighted by molar-refractivity contribution is 5.78. The van der Waals surface area contributed by atoms with Gasteiger partial charge in [0.25, 0.3) is 0 Å². The Balaban J connectivity index is 1.37. The lowest BCUT2D eigenvalue weighted by molar-refractivity contribution is -0.134. The van der Waals surface area contributed by atoms with Crippen molar-refractivity contribution >= 4 is 5.91 Å². The minimum Gasteiger partial charge on any atom is -0.339 e. The molecule has 134 valence electrons. The summed E-state index contributed by atoms with van der Waals surface area (Å²) in [6.45, 7) is 10.2. The maximum atomic E-state index is 12.5. The van der Waals surface area contributed by atoms with Crippen molar-refractivity contribution in [2.45, 2.75) is 13.0 Å². The summed E-state index contributed by atoms with van der Waals surface area (Å²) in [5.74, 6) is 0.287. The molecule has 1 aromatic heterocycles. The summed E-state index contributed by atoms with van der Waals surface area (Å²) in [7, 11) is 2.16. The molecule has 3 rings (SSSR count). The van der Waals surface area contributed by atoms with E-state index in [4.69, 9.17) is 0 Å². The largest absolute Gasteiger partial charge is 0.339 e. The fraction of sp³-hybridized carbons (Fsp3) is 0.812. The first kappa shape index (κ1) is 17.3. The number of carbonyl (C=O) groups excluding carboxylic acids is 1. The molecule has 2 saturated heterocycles. The molecule has 8 nitrogen and oxygen atoms in total. The third kappa shape index (κ3) is 4.99. The second kappa shape index (κ2) is 8.55. The van der Waals surface area contributed by atoms with Gasteiger partial charge in [-0.3, -0.25) is 19.3 Å². The number of carbonyl (C=O) groups is 1. The molecule has 3 heterocycles. The Labute approximate surface area is 144 Å². The second-order valence-electron chi connectivity index (χ2n) is 6.81. The van der Waals surface area contributed by atoms with E-state index in [1.807, 2.05) is 9.58 Å². The molecule has 2 aliphatic heterocycles. The number of hydrogen-bond acceptors (Lipinski definition) is 6. The van der Waals surface area contributed by atoms with E-state index in [2.05, 4.69) is 31.8 Å². The van der Waals surface area contributed by atoms with Gasteiger partial charge in [-0.25, -0.2) is 4.98 Å². The fourth-order valence-electron chi connectivity index (χ4n) is 3.36. The van der Waals surface area contributed by atoms with Gasteiger partial charge in [-0.05, 0) is 26.6 Å². The van der Waals surface area contributed by atoms with Crippen LogP contribution in [-0.2, 0) is 11.3 Å². The summed E-state index contributed by atoms with van der Waals surface area (Å²) < 4.78 is 1.86. The van der Waals surface area contributed by atoms with Gasteiger partial charge in [0.15, 0.2) is 0 Å². The van der Waals surface area contributed by atoms with Gasteiger partial charge in [0.05, 0.1) is 13.1 Å². The molecule has 1 aromatic rings. The normalized spacial score (nSPS) is 21.8. The van der Waals surface area contributed by atoms with Crippen molar-refractivity contribution in [1.29, 1.82) is 0 Å². The van der Waals surface area contributed by atoms with Crippen molar-refractivity contribution in [2.75, 3.05) is 72.5 Å². The van der Waals surface area contributed by atoms with Crippen LogP contribution in [0.15, 0.2) is 12.7 Å². The first-order chi connectivity index (χ1) is 11.7. The van der Waals surface area contributed by atoms with Crippen LogP contribution < -0.4 is 0 Å². The monoisotopic (exact) mass is 335 g/mol. The van der Waals surface area contributed by atoms with Gasteiger partial charge in [0, 0.05) is 45.8 Å². The highest BCUT2D eigenvalue weighted by atomic mass is 16.2. The van der Waals surface area contributed by atoms with E-state index in [1.165, 1.54) is 0 Å². The minimum atomic E-state index is 0.287. The Morgan fingerprint density at radius 2 is 1.75 bits per heavy atom. The number of rotatable bonds is 5. The van der Waals surface area contributed by atoms with Crippen LogP contribution in [0, 0.1) is 0 Å². The lowest BCUT2D eigenvalue weighted by Gasteiger charge is -2.35. The van der Waals surface area contributed by atoms with E-state index in [9.17, 15) is 4.79 Å². The third-order valence-electron chi connectivity index (χ3n) is 5.01. The highest BCUT2D eigenvalue weighted by Crippen LogP contribution is 2.06. The lowest BCUT2D eigenvalue weighted by Crippen LogP contribution is -2.51. The van der Waals surface area contributed by atoms with E-state index < -0.39 is 0 Å². The molecule has 0 radical (unpaired) electrons. The smallest absolute Gasteiger partial charge is 0.236 e. The van der Waals surface area contributed by atoms with Crippen molar-refractivity contribution in [2.24, 2.45) is 0 Å². The lowest BCUT2D eigenvalue weighted by atomic mass is 10.3. The van der Waals surface area contributed by atoms with Crippen molar-refractivity contribution in [3.63, 3.8) is 0 Å². The van der Waals surface area contributed by atoms with Crippen molar-refractivity contribution in [3.8, 4) is 0 Å². The molecule has 24 heavy (non-hydrogen) atoms. The van der Waals surface area contributed by atoms with Crippen LogP contribution in [0.3, 0.4) is 0 Å². The first-order valence-corrected chi connectivity index (χ1v) is 8.94. The molecular formula is C16H29N7O. The van der Waals surface area contributed by atoms with Crippen LogP contribution >= 0.6 is 0 Å². The molecule has 1 amide bonds. The molecular weight excluding hydrogens is 306 g/mol. The molecule has 0 aliphatic carbocycles. The highest BCUT2D eigenvalue weighted by Gasteiger charge is 2.23. The number of amides is 1. The summed E-state index contributed by atoms with van der Waals surface area (Å²) in [4.78, 5) is 25.6. The molecule has 8 heteroatoms. The minimum absolute atomic E-state index is 0.287. The Morgan fingerprint density at radius 1 is 0.958 bits per heavy atom. The topological polar surface area (TPSA) is 60.7 Å². The van der Waals surface area contributed by atoms with Crippen molar-refractivity contribution in [3.05, 3.63) is 12.7 Å². The predicted molar refractivity (Wildman–Crippen MR) is 91.6 cm³/mol. The van der Waals surface area contributed by atoms with E-state index >= 15 is 0 Å². The Bertz CT molecular complexity index is 499. The number of piperazine rings is 1. The SMILES string of the molecule is CN1CCCN(CC(=O)N2CCN(CCn3cncn3)CC2)CC1. The Kier molecular flexibility index (Phi) is 6.17. The molecule has 0 unspecified atom stereocenters. The quantitative estimate of drug-likeness (QED) is 0.692. The van der Waals surface area contributed by atoms with E-state index in [-0.39, 0.29) is 5.91 Å². The average molecular weight is 335 g/mol. The average Bonchev–Trinajstić information content (AvgIpc) is 3.03. The van der Waals surface area contributed by atoms with Gasteiger partial charge in [-0.1, -0.05) is 0 Å². The van der Waals surface area contributed by atoms with Gasteiger partial charge < -0.3 is 9.80 Å². The van der Waals surface area contributed by atoms with E-state index in [0.29, 0.717) is 6.54 Å². The molecule has 0 atom stereocenters. The maximum absolute atomic E-state index is 12.5. The Hall–Kier alpha value is -1.51. The van der Waals surface area contributed by atoms with Gasteiger partial charge in [-0.2, -0.15) is 5.10 Å². The number of nitrogens with zero attached hydrogens (tertiary/aromatic N) is 7. The molecule has 0 aromatic carbocycles. The molecule has 0 N–H and O–H groups in total. The zero-order valence-electron chi connectivity index (χ0n) is 14.7. The predicted octanol–water partition coefficient (Wildman–Crippen LogP) is -0.940. The second-order valence-corrected chi connectivity index (χ2v) is 6.81. The summed E-state index contributed by atoms with van der Waals surface area (Å²) in [5.41, 5.74) is 0. The van der Waals surface area contributed by atoms with Gasteiger partial charge in [0.2, 0.25) is 5.91 Å². The van der Waals surface area contributed by atoms with Crippen molar-refractivity contribution < 1.29 is 4.79 Å². The standard InChI is InChI=1S/C16H29N7O/c1-19-3-2-4-21(6-5-19)13-16(24)22-10-7-20(8-11-22)9-12-23-15-17-14-18-23/h14-15H,2-13H2,1H3. The van der Waals surface area contributed by atoms with Gasteiger partial charge in [0.1, 0.15) is 12.7 Å². The molecule has 0 saturated carbocycles. The van der Waals surface area contributed by atoms with E-state index in [0.717, 1.165) is 71.9 Å². The van der Waals surface area contributed by atoms with Crippen LogP contribution in [0.4, 0.5) is 0 Å². The van der Waals surface area contributed by atoms with Crippen LogP contribution in [0.5, 0.6) is 0 Å². The summed E-state index contributed by atoms with van der Waals surface area (Å²) in [5, 5.41) is 4.13. The number of hydrogen-bond donors (Lipinski definition) is 0. The number of aromatic nitrogens is 3. The number of likely N-dealkylation sites (N-methyl/N-ethyl adjacent to an activating group) is 1. The molecule has 2 aliphatic rings. The third-order valence-corrected chi connectivity index (χ3v) is 5.01. The molecule has 0 spiro atoms. The van der Waals surface area contributed by atoms with Gasteiger partial charge in [-0.15, -0.1) is 0 Å². The Morgan fingerprint density at radius 3 is 2.50 bits per heavy atom. The summed E-state index contributed by atoms with van der Waals surface area (Å²) in [6, 6.07) is 0. The van der Waals surface area contributed by atoms with Crippen LogP contribution in [0.2, 0.25) is 0 Å². The molecule has 2 fully saturated rings. The van der Waals surface area contributed by atoms with Gasteiger partial charge >= 0.3 is 0 Å². The zero-order valence-corrected chi connectivity index (χ0v) is 14.7. The van der Waals surface area contributed by atoms with Crippen molar-refractivity contribution in [1.82, 2.24) is 34.4 Å². The maximum Gasteiger partial charge on any atom is 0.236 e. The van der Waals surface area contributed by atoms with Crippen LogP contribution in [0.1, 0.15) is 6.42 Å². The fourth-order valence-corrected chi connectivity index (χ4v) is 3.36. The van der Waals surface area contributed by atoms with Crippen LogP contribution in [0.25, 0.3) is 0 Å². The van der Waals surface area contributed by atoms with Crippen LogP contribution in [-0.4, -0.2) is 113 Å². The first-order valence-electron chi connectivity index (χ1n) is 8.94. The zero-order chi connectivity index (χ0) is 16.8. The summed E-state index contributed by atoms with van der Waals surface area (Å²) >= 11 is 0. The summed E-state index contributed by atoms with van der Waals surface area (Å²) in [6.07, 6.45) is 4.47. The van der Waals surface area contributed by atoms with E-state index in [1.54, 1.807) is 12.7 Å². The molecule has 0 bridgehead atoms.